The van der Waals surface area contributed by atoms with Gasteiger partial charge in [-0.15, -0.1) is 0 Å². The van der Waals surface area contributed by atoms with Crippen molar-refractivity contribution in [2.75, 3.05) is 18.1 Å². The van der Waals surface area contributed by atoms with E-state index < -0.39 is 29.1 Å². The minimum Gasteiger partial charge on any atom is -0.378 e. The Morgan fingerprint density at radius 1 is 1.32 bits per heavy atom. The van der Waals surface area contributed by atoms with Crippen LogP contribution in [0.3, 0.4) is 0 Å². The van der Waals surface area contributed by atoms with Gasteiger partial charge in [0.2, 0.25) is 0 Å². The van der Waals surface area contributed by atoms with Crippen molar-refractivity contribution in [1.29, 1.82) is 0 Å². The minimum atomic E-state index is -1.11. The quantitative estimate of drug-likeness (QED) is 0.778. The van der Waals surface area contributed by atoms with E-state index in [-0.39, 0.29) is 12.3 Å². The number of hydrogen-bond acceptors (Lipinski definition) is 3. The van der Waals surface area contributed by atoms with Crippen LogP contribution in [0.25, 0.3) is 0 Å². The van der Waals surface area contributed by atoms with Gasteiger partial charge in [-0.1, -0.05) is 0 Å². The van der Waals surface area contributed by atoms with E-state index in [1.54, 1.807) is 0 Å². The molecule has 1 spiro atoms. The van der Waals surface area contributed by atoms with E-state index in [0.29, 0.717) is 24.0 Å². The summed E-state index contributed by atoms with van der Waals surface area (Å²) < 4.78 is 31.7. The number of benzene rings is 1. The van der Waals surface area contributed by atoms with Gasteiger partial charge in [-0.2, -0.15) is 0 Å². The van der Waals surface area contributed by atoms with Gasteiger partial charge in [0, 0.05) is 19.1 Å². The molecule has 7 heteroatoms. The second-order valence-corrected chi connectivity index (χ2v) is 4.55. The maximum atomic E-state index is 13.7. The fourth-order valence-electron chi connectivity index (χ4n) is 2.33. The second kappa shape index (κ2) is 3.99. The Labute approximate surface area is 107 Å². The number of anilines is 1. The monoisotopic (exact) mass is 268 g/mol. The van der Waals surface area contributed by atoms with Crippen LogP contribution >= 0.6 is 0 Å². The zero-order chi connectivity index (χ0) is 13.6. The van der Waals surface area contributed by atoms with Crippen LogP contribution in [0.4, 0.5) is 19.3 Å². The molecule has 0 saturated carbocycles. The lowest BCUT2D eigenvalue weighted by Gasteiger charge is -2.18. The molecule has 0 radical (unpaired) electrons. The smallest absolute Gasteiger partial charge is 0.329 e. The van der Waals surface area contributed by atoms with Gasteiger partial charge in [0.05, 0.1) is 12.3 Å². The first-order valence-corrected chi connectivity index (χ1v) is 5.73. The van der Waals surface area contributed by atoms with Crippen molar-refractivity contribution < 1.29 is 23.1 Å². The number of nitrogens with one attached hydrogen (secondary N) is 1. The minimum absolute atomic E-state index is 0.0664. The van der Waals surface area contributed by atoms with Gasteiger partial charge in [0.15, 0.2) is 0 Å². The van der Waals surface area contributed by atoms with Crippen molar-refractivity contribution in [2.45, 2.75) is 12.0 Å². The highest BCUT2D eigenvalue weighted by Crippen LogP contribution is 2.31. The molecule has 0 bridgehead atoms. The summed E-state index contributed by atoms with van der Waals surface area (Å²) in [5.74, 6) is -2.30. The number of halogens is 2. The maximum Gasteiger partial charge on any atom is 0.329 e. The lowest BCUT2D eigenvalue weighted by molar-refractivity contribution is -0.122. The average Bonchev–Trinajstić information content (AvgIpc) is 2.89. The van der Waals surface area contributed by atoms with E-state index in [4.69, 9.17) is 4.74 Å². The van der Waals surface area contributed by atoms with Crippen LogP contribution in [-0.4, -0.2) is 30.7 Å². The third kappa shape index (κ3) is 1.69. The molecule has 0 aromatic heterocycles. The van der Waals surface area contributed by atoms with Crippen LogP contribution in [0.2, 0.25) is 0 Å². The number of amides is 3. The Balaban J connectivity index is 2.01. The fourth-order valence-corrected chi connectivity index (χ4v) is 2.33. The number of carbonyl (C=O) groups is 2. The third-order valence-corrected chi connectivity index (χ3v) is 3.33. The van der Waals surface area contributed by atoms with Crippen molar-refractivity contribution in [1.82, 2.24) is 5.32 Å². The zero-order valence-electron chi connectivity index (χ0n) is 9.78. The Morgan fingerprint density at radius 2 is 2.11 bits per heavy atom. The van der Waals surface area contributed by atoms with Crippen LogP contribution < -0.4 is 10.2 Å². The molecule has 3 rings (SSSR count). The number of carbonyl (C=O) groups excluding carboxylic acids is 2. The number of hydrogen-bond donors (Lipinski definition) is 1. The standard InChI is InChI=1S/C12H10F2N2O3/c13-7-1-2-9(8(14)5-7)16-10(17)12(15-11(16)18)3-4-19-6-12/h1-2,5H,3-4,6H2,(H,15,18). The van der Waals surface area contributed by atoms with E-state index in [9.17, 15) is 18.4 Å². The van der Waals surface area contributed by atoms with Gasteiger partial charge >= 0.3 is 6.03 Å². The summed E-state index contributed by atoms with van der Waals surface area (Å²) >= 11 is 0. The molecule has 1 unspecified atom stereocenters. The highest BCUT2D eigenvalue weighted by Gasteiger charge is 2.54. The summed E-state index contributed by atoms with van der Waals surface area (Å²) in [6.45, 7) is 0.419. The summed E-state index contributed by atoms with van der Waals surface area (Å²) in [5.41, 5.74) is -1.37. The number of ether oxygens (including phenoxy) is 1. The normalized spacial score (nSPS) is 26.3. The summed E-state index contributed by atoms with van der Waals surface area (Å²) in [4.78, 5) is 24.8. The predicted molar refractivity (Wildman–Crippen MR) is 60.5 cm³/mol. The predicted octanol–water partition coefficient (Wildman–Crippen LogP) is 1.18. The summed E-state index contributed by atoms with van der Waals surface area (Å²) in [6, 6.07) is 1.97. The molecule has 2 heterocycles. The van der Waals surface area contributed by atoms with E-state index >= 15 is 0 Å². The molecule has 2 saturated heterocycles. The molecule has 3 amide bonds. The van der Waals surface area contributed by atoms with Gasteiger partial charge in [-0.25, -0.2) is 18.5 Å². The number of nitrogens with zero attached hydrogens (tertiary/aromatic N) is 1. The van der Waals surface area contributed by atoms with Crippen LogP contribution in [0.15, 0.2) is 18.2 Å². The topological polar surface area (TPSA) is 58.6 Å². The highest BCUT2D eigenvalue weighted by atomic mass is 19.1. The average molecular weight is 268 g/mol. The summed E-state index contributed by atoms with van der Waals surface area (Å²) in [7, 11) is 0. The molecule has 5 nitrogen and oxygen atoms in total. The van der Waals surface area contributed by atoms with Gasteiger partial charge in [-0.3, -0.25) is 4.79 Å². The number of imide groups is 1. The molecular weight excluding hydrogens is 258 g/mol. The first-order valence-electron chi connectivity index (χ1n) is 5.73. The van der Waals surface area contributed by atoms with E-state index in [0.717, 1.165) is 12.1 Å². The third-order valence-electron chi connectivity index (χ3n) is 3.33. The number of rotatable bonds is 1. The van der Waals surface area contributed by atoms with Crippen LogP contribution in [0.1, 0.15) is 6.42 Å². The van der Waals surface area contributed by atoms with Crippen molar-refractivity contribution in [3.63, 3.8) is 0 Å². The Kier molecular flexibility index (Phi) is 2.53. The molecule has 19 heavy (non-hydrogen) atoms. The van der Waals surface area contributed by atoms with E-state index in [2.05, 4.69) is 5.32 Å². The van der Waals surface area contributed by atoms with Gasteiger partial charge in [-0.05, 0) is 12.1 Å². The lowest BCUT2D eigenvalue weighted by atomic mass is 9.99. The zero-order valence-corrected chi connectivity index (χ0v) is 9.78. The molecule has 100 valence electrons. The molecule has 2 aliphatic rings. The molecule has 2 aliphatic heterocycles. The van der Waals surface area contributed by atoms with Crippen LogP contribution in [0, 0.1) is 11.6 Å². The molecule has 1 N–H and O–H groups in total. The Bertz CT molecular complexity index is 570. The van der Waals surface area contributed by atoms with Crippen LogP contribution in [0.5, 0.6) is 0 Å². The molecule has 0 aliphatic carbocycles. The molecule has 1 aromatic carbocycles. The largest absolute Gasteiger partial charge is 0.378 e. The van der Waals surface area contributed by atoms with Crippen molar-refractivity contribution in [2.24, 2.45) is 0 Å². The van der Waals surface area contributed by atoms with Gasteiger partial charge < -0.3 is 10.1 Å². The second-order valence-electron chi connectivity index (χ2n) is 4.55. The lowest BCUT2D eigenvalue weighted by Crippen LogP contribution is -2.47. The summed E-state index contributed by atoms with van der Waals surface area (Å²) in [5, 5.41) is 2.52. The maximum absolute atomic E-state index is 13.7. The Morgan fingerprint density at radius 3 is 2.74 bits per heavy atom. The molecule has 1 atom stereocenters. The van der Waals surface area contributed by atoms with Crippen molar-refractivity contribution >= 4 is 17.6 Å². The number of urea groups is 1. The highest BCUT2D eigenvalue weighted by molar-refractivity contribution is 6.23. The Hall–Kier alpha value is -2.02. The van der Waals surface area contributed by atoms with Crippen molar-refractivity contribution in [3.8, 4) is 0 Å². The molecule has 1 aromatic rings. The SMILES string of the molecule is O=C1NC2(CCOC2)C(=O)N1c1ccc(F)cc1F. The first kappa shape index (κ1) is 12.0. The first-order chi connectivity index (χ1) is 9.03. The fraction of sp³-hybridized carbons (Fsp3) is 0.333. The van der Waals surface area contributed by atoms with Gasteiger partial charge in [0.1, 0.15) is 17.2 Å². The van der Waals surface area contributed by atoms with E-state index in [1.165, 1.54) is 0 Å². The van der Waals surface area contributed by atoms with Crippen LogP contribution in [-0.2, 0) is 9.53 Å². The molecule has 2 fully saturated rings. The van der Waals surface area contributed by atoms with Gasteiger partial charge in [0.25, 0.3) is 5.91 Å². The molecular formula is C12H10F2N2O3. The van der Waals surface area contributed by atoms with E-state index in [1.807, 2.05) is 0 Å². The summed E-state index contributed by atoms with van der Waals surface area (Å²) in [6.07, 6.45) is 0.344. The van der Waals surface area contributed by atoms with Crippen molar-refractivity contribution in [3.05, 3.63) is 29.8 Å².